The van der Waals surface area contributed by atoms with E-state index in [1.54, 1.807) is 0 Å². The minimum absolute atomic E-state index is 0. The first-order valence-electron chi connectivity index (χ1n) is 0.302. The van der Waals surface area contributed by atoms with E-state index in [2.05, 4.69) is 15.4 Å². The van der Waals surface area contributed by atoms with Gasteiger partial charge in [0.15, 0.2) is 34.7 Å². The molecule has 0 aliphatic carbocycles. The van der Waals surface area contributed by atoms with Crippen LogP contribution in [0.4, 0.5) is 0 Å². The van der Waals surface area contributed by atoms with Gasteiger partial charge in [-0.3, -0.25) is 0 Å². The van der Waals surface area contributed by atoms with Crippen molar-refractivity contribution in [3.05, 3.63) is 0 Å². The van der Waals surface area contributed by atoms with E-state index in [9.17, 15) is 0 Å². The van der Waals surface area contributed by atoms with Gasteiger partial charge in [0, 0.05) is 0 Å². The van der Waals surface area contributed by atoms with Gasteiger partial charge in [-0.25, -0.2) is 0 Å². The summed E-state index contributed by atoms with van der Waals surface area (Å²) in [6.45, 7) is 0. The fourth-order valence-electron chi connectivity index (χ4n) is 0. The SMILES string of the molecule is [AlH3].[AlH3].[SiH3][Cu]. The molecule has 0 atom stereocenters. The van der Waals surface area contributed by atoms with Gasteiger partial charge in [0.05, 0.1) is 0 Å². The number of hydrogen-bond acceptors (Lipinski definition) is 0. The summed E-state index contributed by atoms with van der Waals surface area (Å²) in [7, 11) is 0.868. The number of rotatable bonds is 0. The minimum atomic E-state index is 0. The summed E-state index contributed by atoms with van der Waals surface area (Å²) < 4.78 is 0. The molecule has 0 saturated carbocycles. The molecule has 0 rings (SSSR count). The van der Waals surface area contributed by atoms with Crippen molar-refractivity contribution in [1.82, 2.24) is 0 Å². The summed E-state index contributed by atoms with van der Waals surface area (Å²) in [6.07, 6.45) is 0. The first-order chi connectivity index (χ1) is 1.00. The van der Waals surface area contributed by atoms with Crippen molar-refractivity contribution in [3.8, 4) is 0 Å². The van der Waals surface area contributed by atoms with Crippen LogP contribution in [0.15, 0.2) is 0 Å². The molecule has 0 fully saturated rings. The van der Waals surface area contributed by atoms with Crippen LogP contribution < -0.4 is 0 Å². The second-order valence-corrected chi connectivity index (χ2v) is 0. The molecular formula is H9Al2CuSi. The second-order valence-electron chi connectivity index (χ2n) is 0. The molecule has 0 bridgehead atoms. The molecule has 0 aromatic rings. The predicted molar refractivity (Wildman–Crippen MR) is 29.8 cm³/mol. The zero-order valence-corrected chi connectivity index (χ0v) is 4.24. The zero-order chi connectivity index (χ0) is 2.00. The summed E-state index contributed by atoms with van der Waals surface area (Å²) >= 11 is 4.33. The Morgan fingerprint density at radius 2 is 1.00 bits per heavy atom. The molecule has 30 valence electrons. The van der Waals surface area contributed by atoms with E-state index in [0.29, 0.717) is 0 Å². The van der Waals surface area contributed by atoms with Crippen LogP contribution in [-0.2, 0) is 15.4 Å². The van der Waals surface area contributed by atoms with Crippen LogP contribution in [0, 0.1) is 0 Å². The molecule has 0 amide bonds. The van der Waals surface area contributed by atoms with Crippen molar-refractivity contribution in [2.45, 2.75) is 0 Å². The Hall–Kier alpha value is 1.80. The molecular weight excluding hydrogens is 146 g/mol. The van der Waals surface area contributed by atoms with Gasteiger partial charge >= 0.3 is 24.2 Å². The van der Waals surface area contributed by atoms with Gasteiger partial charge in [0.25, 0.3) is 0 Å². The van der Waals surface area contributed by atoms with Gasteiger partial charge in [-0.2, -0.15) is 0 Å². The van der Waals surface area contributed by atoms with Gasteiger partial charge in [-0.15, -0.1) is 0 Å². The van der Waals surface area contributed by atoms with Crippen LogP contribution in [0.3, 0.4) is 0 Å². The summed E-state index contributed by atoms with van der Waals surface area (Å²) in [5, 5.41) is 0. The van der Waals surface area contributed by atoms with E-state index in [0.717, 1.165) is 8.85 Å². The molecule has 0 aliphatic rings. The van der Waals surface area contributed by atoms with Crippen molar-refractivity contribution < 1.29 is 15.4 Å². The summed E-state index contributed by atoms with van der Waals surface area (Å²) in [6, 6.07) is 0. The molecule has 0 heterocycles. The Bertz CT molecular complexity index is 6.00. The normalized spacial score (nSPS) is 2.50. The second kappa shape index (κ2) is 21.4. The van der Waals surface area contributed by atoms with E-state index in [1.807, 2.05) is 0 Å². The van der Waals surface area contributed by atoms with Gasteiger partial charge in [-0.1, -0.05) is 0 Å². The van der Waals surface area contributed by atoms with E-state index in [1.165, 1.54) is 0 Å². The van der Waals surface area contributed by atoms with Crippen molar-refractivity contribution in [2.75, 3.05) is 0 Å². The van der Waals surface area contributed by atoms with Gasteiger partial charge < -0.3 is 0 Å². The zero-order valence-electron chi connectivity index (χ0n) is 1.30. The summed E-state index contributed by atoms with van der Waals surface area (Å²) in [4.78, 5) is 0. The molecule has 0 aliphatic heterocycles. The van der Waals surface area contributed by atoms with Crippen LogP contribution in [0.1, 0.15) is 0 Å². The molecule has 0 N–H and O–H groups in total. The molecule has 0 radical (unpaired) electrons. The van der Waals surface area contributed by atoms with E-state index >= 15 is 0 Å². The third kappa shape index (κ3) is 9.19. The molecule has 0 unspecified atom stereocenters. The van der Waals surface area contributed by atoms with E-state index < -0.39 is 0 Å². The van der Waals surface area contributed by atoms with Crippen LogP contribution in [0.25, 0.3) is 0 Å². The van der Waals surface area contributed by atoms with Crippen LogP contribution in [-0.4, -0.2) is 43.6 Å². The Morgan fingerprint density at radius 3 is 1.00 bits per heavy atom. The average Bonchev–Trinajstić information content (AvgIpc) is 1.00. The predicted octanol–water partition coefficient (Wildman–Crippen LogP) is -3.55. The third-order valence-electron chi connectivity index (χ3n) is 0. The topological polar surface area (TPSA) is 0 Å². The standard InChI is InChI=1S/2Al.Cu.H3Si.6H/h;;;1H3;;;;;;. The molecule has 0 saturated heterocycles. The number of hydrogen-bond donors (Lipinski definition) is 0. The van der Waals surface area contributed by atoms with Gasteiger partial charge in [0.1, 0.15) is 0 Å². The molecule has 4 heavy (non-hydrogen) atoms. The Labute approximate surface area is 58.7 Å². The quantitative estimate of drug-likeness (QED) is 0.317. The van der Waals surface area contributed by atoms with Gasteiger partial charge in [-0.05, 0) is 0 Å². The first kappa shape index (κ1) is 17.0. The first-order valence-corrected chi connectivity index (χ1v) is 3.73. The van der Waals surface area contributed by atoms with Crippen LogP contribution >= 0.6 is 0 Å². The summed E-state index contributed by atoms with van der Waals surface area (Å²) in [5.74, 6) is 0. The maximum atomic E-state index is 4.33. The van der Waals surface area contributed by atoms with Crippen molar-refractivity contribution in [2.24, 2.45) is 0 Å². The Kier molecular flexibility index (Phi) is 91.1. The fraction of sp³-hybridized carbons (Fsp3) is 0. The molecule has 0 nitrogen and oxygen atoms in total. The fourth-order valence-corrected chi connectivity index (χ4v) is 0. The van der Waals surface area contributed by atoms with Crippen molar-refractivity contribution in [3.63, 3.8) is 0 Å². The van der Waals surface area contributed by atoms with E-state index in [4.69, 9.17) is 0 Å². The van der Waals surface area contributed by atoms with Gasteiger partial charge in [0.2, 0.25) is 0 Å². The van der Waals surface area contributed by atoms with Crippen LogP contribution in [0.5, 0.6) is 0 Å². The average molecular weight is 155 g/mol. The van der Waals surface area contributed by atoms with E-state index in [-0.39, 0.29) is 34.7 Å². The maximum absolute atomic E-state index is 4.33. The monoisotopic (exact) mass is 154 g/mol. The molecule has 0 spiro atoms. The van der Waals surface area contributed by atoms with Crippen LogP contribution in [0.2, 0.25) is 0 Å². The third-order valence-corrected chi connectivity index (χ3v) is 0. The van der Waals surface area contributed by atoms with Crippen molar-refractivity contribution >= 4 is 43.6 Å². The van der Waals surface area contributed by atoms with Crippen molar-refractivity contribution in [1.29, 1.82) is 0 Å². The molecule has 0 aromatic heterocycles. The molecule has 0 aromatic carbocycles. The summed E-state index contributed by atoms with van der Waals surface area (Å²) in [5.41, 5.74) is 0. The Balaban J connectivity index is -0.00000000500. The Morgan fingerprint density at radius 1 is 1.00 bits per heavy atom. The molecule has 4 heteroatoms.